The van der Waals surface area contributed by atoms with Crippen LogP contribution in [0.3, 0.4) is 0 Å². The highest BCUT2D eigenvalue weighted by Gasteiger charge is 2.07. The van der Waals surface area contributed by atoms with Gasteiger partial charge in [-0.15, -0.1) is 0 Å². The molecule has 0 aliphatic carbocycles. The van der Waals surface area contributed by atoms with Crippen LogP contribution in [-0.2, 0) is 12.3 Å². The molecule has 1 N–H and O–H groups in total. The maximum absolute atomic E-state index is 13.3. The summed E-state index contributed by atoms with van der Waals surface area (Å²) in [7, 11) is 1.59. The Bertz CT molecular complexity index is 888. The summed E-state index contributed by atoms with van der Waals surface area (Å²) in [6, 6.07) is 12.2. The lowest BCUT2D eigenvalue weighted by Gasteiger charge is -2.08. The van der Waals surface area contributed by atoms with Crippen molar-refractivity contribution in [3.8, 4) is 5.75 Å². The number of rotatable bonds is 7. The third-order valence-electron chi connectivity index (χ3n) is 3.85. The van der Waals surface area contributed by atoms with E-state index in [1.165, 1.54) is 12.1 Å². The number of aromatic nitrogens is 2. The van der Waals surface area contributed by atoms with Crippen LogP contribution in [0.2, 0.25) is 0 Å². The molecule has 0 saturated heterocycles. The second-order valence-corrected chi connectivity index (χ2v) is 6.57. The van der Waals surface area contributed by atoms with Gasteiger partial charge in [-0.25, -0.2) is 9.18 Å². The van der Waals surface area contributed by atoms with Crippen LogP contribution in [0.1, 0.15) is 12.0 Å². The molecule has 3 aromatic rings. The number of fused-ring (bicyclic) bond motifs is 1. The molecule has 0 atom stereocenters. The molecule has 1 aromatic heterocycles. The molecule has 4 nitrogen and oxygen atoms in total. The number of H-pyrrole nitrogens is 1. The molecule has 0 saturated carbocycles. The molecule has 0 spiro atoms. The molecule has 0 aliphatic heterocycles. The van der Waals surface area contributed by atoms with Crippen LogP contribution in [0.5, 0.6) is 5.75 Å². The second-order valence-electron chi connectivity index (χ2n) is 5.46. The van der Waals surface area contributed by atoms with Crippen LogP contribution in [0.4, 0.5) is 4.39 Å². The lowest BCUT2D eigenvalue weighted by molar-refractivity contribution is 0.410. The maximum Gasteiger partial charge on any atom is 0.326 e. The molecule has 3 rings (SSSR count). The van der Waals surface area contributed by atoms with E-state index >= 15 is 0 Å². The third kappa shape index (κ3) is 3.64. The minimum Gasteiger partial charge on any atom is -0.496 e. The molecule has 0 bridgehead atoms. The van der Waals surface area contributed by atoms with Gasteiger partial charge in [0.05, 0.1) is 18.1 Å². The first-order chi connectivity index (χ1) is 11.7. The van der Waals surface area contributed by atoms with Crippen molar-refractivity contribution in [3.63, 3.8) is 0 Å². The van der Waals surface area contributed by atoms with Crippen LogP contribution < -0.4 is 10.4 Å². The van der Waals surface area contributed by atoms with Gasteiger partial charge >= 0.3 is 5.69 Å². The van der Waals surface area contributed by atoms with Crippen molar-refractivity contribution in [2.45, 2.75) is 18.7 Å². The third-order valence-corrected chi connectivity index (χ3v) is 4.94. The standard InChI is InChI=1S/C18H19FN2O2S/c1-23-17-8-7-14(19)11-13(17)12-24-10-4-9-21-16-6-3-2-5-15(16)20-18(21)22/h2-3,5-8,11H,4,9-10,12H2,1H3,(H,20,22). The first kappa shape index (κ1) is 16.6. The number of benzene rings is 2. The number of para-hydroxylation sites is 2. The van der Waals surface area contributed by atoms with Gasteiger partial charge in [0.15, 0.2) is 0 Å². The summed E-state index contributed by atoms with van der Waals surface area (Å²) >= 11 is 1.71. The van der Waals surface area contributed by atoms with Crippen molar-refractivity contribution in [2.24, 2.45) is 0 Å². The van der Waals surface area contributed by atoms with E-state index < -0.39 is 0 Å². The summed E-state index contributed by atoms with van der Waals surface area (Å²) in [5.41, 5.74) is 2.57. The molecule has 126 valence electrons. The fraction of sp³-hybridized carbons (Fsp3) is 0.278. The molecule has 24 heavy (non-hydrogen) atoms. The Kier molecular flexibility index (Phi) is 5.25. The Balaban J connectivity index is 1.55. The summed E-state index contributed by atoms with van der Waals surface area (Å²) in [6.07, 6.45) is 0.865. The number of halogens is 1. The van der Waals surface area contributed by atoms with Crippen molar-refractivity contribution in [2.75, 3.05) is 12.9 Å². The molecule has 0 unspecified atom stereocenters. The van der Waals surface area contributed by atoms with E-state index in [1.54, 1.807) is 29.5 Å². The van der Waals surface area contributed by atoms with Crippen LogP contribution in [0.25, 0.3) is 11.0 Å². The number of aryl methyl sites for hydroxylation is 1. The van der Waals surface area contributed by atoms with Crippen LogP contribution in [-0.4, -0.2) is 22.4 Å². The van der Waals surface area contributed by atoms with Crippen molar-refractivity contribution in [1.29, 1.82) is 0 Å². The topological polar surface area (TPSA) is 47.0 Å². The van der Waals surface area contributed by atoms with E-state index in [-0.39, 0.29) is 11.5 Å². The quantitative estimate of drug-likeness (QED) is 0.662. The summed E-state index contributed by atoms with van der Waals surface area (Å²) in [5, 5.41) is 0. The Labute approximate surface area is 143 Å². The minimum atomic E-state index is -0.253. The number of thioether (sulfide) groups is 1. The van der Waals surface area contributed by atoms with E-state index in [2.05, 4.69) is 4.98 Å². The predicted octanol–water partition coefficient (Wildman–Crippen LogP) is 3.80. The molecule has 0 amide bonds. The summed E-state index contributed by atoms with van der Waals surface area (Å²) < 4.78 is 20.3. The molecule has 6 heteroatoms. The molecule has 1 heterocycles. The molecule has 2 aromatic carbocycles. The number of hydrogen-bond acceptors (Lipinski definition) is 3. The molecular formula is C18H19FN2O2S. The normalized spacial score (nSPS) is 11.1. The first-order valence-corrected chi connectivity index (χ1v) is 8.92. The van der Waals surface area contributed by atoms with Crippen molar-refractivity contribution in [1.82, 2.24) is 9.55 Å². The maximum atomic E-state index is 13.3. The van der Waals surface area contributed by atoms with Crippen LogP contribution in [0.15, 0.2) is 47.3 Å². The zero-order valence-electron chi connectivity index (χ0n) is 13.4. The zero-order chi connectivity index (χ0) is 16.9. The fourth-order valence-corrected chi connectivity index (χ4v) is 3.62. The molecule has 0 aliphatic rings. The van der Waals surface area contributed by atoms with Gasteiger partial charge in [-0.1, -0.05) is 12.1 Å². The Morgan fingerprint density at radius 2 is 2.08 bits per heavy atom. The Hall–Kier alpha value is -2.21. The van der Waals surface area contributed by atoms with Gasteiger partial charge in [0.2, 0.25) is 0 Å². The number of nitrogens with zero attached hydrogens (tertiary/aromatic N) is 1. The lowest BCUT2D eigenvalue weighted by Crippen LogP contribution is -2.17. The summed E-state index contributed by atoms with van der Waals surface area (Å²) in [6.45, 7) is 0.663. The largest absolute Gasteiger partial charge is 0.496 e. The number of ether oxygens (including phenoxy) is 1. The van der Waals surface area contributed by atoms with Crippen LogP contribution >= 0.6 is 11.8 Å². The van der Waals surface area contributed by atoms with Crippen molar-refractivity contribution < 1.29 is 9.13 Å². The van der Waals surface area contributed by atoms with Gasteiger partial charge in [-0.3, -0.25) is 4.57 Å². The molecule has 0 radical (unpaired) electrons. The Morgan fingerprint density at radius 3 is 2.92 bits per heavy atom. The number of imidazole rings is 1. The highest BCUT2D eigenvalue weighted by molar-refractivity contribution is 7.98. The minimum absolute atomic E-state index is 0.0759. The van der Waals surface area contributed by atoms with Crippen molar-refractivity contribution in [3.05, 3.63) is 64.3 Å². The smallest absolute Gasteiger partial charge is 0.326 e. The average molecular weight is 346 g/mol. The second kappa shape index (κ2) is 7.57. The van der Waals surface area contributed by atoms with Gasteiger partial charge in [-0.05, 0) is 42.5 Å². The number of hydrogen-bond donors (Lipinski definition) is 1. The predicted molar refractivity (Wildman–Crippen MR) is 96.3 cm³/mol. The summed E-state index contributed by atoms with van der Waals surface area (Å²) in [5.74, 6) is 2.02. The van der Waals surface area contributed by atoms with E-state index in [9.17, 15) is 9.18 Å². The van der Waals surface area contributed by atoms with Gasteiger partial charge < -0.3 is 9.72 Å². The van der Waals surface area contributed by atoms with E-state index in [1.807, 2.05) is 24.3 Å². The molecular weight excluding hydrogens is 327 g/mol. The van der Waals surface area contributed by atoms with Gasteiger partial charge in [-0.2, -0.15) is 11.8 Å². The number of nitrogens with one attached hydrogen (secondary N) is 1. The van der Waals surface area contributed by atoms with Gasteiger partial charge in [0.1, 0.15) is 11.6 Å². The zero-order valence-corrected chi connectivity index (χ0v) is 14.2. The number of aromatic amines is 1. The Morgan fingerprint density at radius 1 is 1.25 bits per heavy atom. The van der Waals surface area contributed by atoms with Gasteiger partial charge in [0, 0.05) is 17.9 Å². The first-order valence-electron chi connectivity index (χ1n) is 7.77. The summed E-state index contributed by atoms with van der Waals surface area (Å²) in [4.78, 5) is 14.8. The average Bonchev–Trinajstić information content (AvgIpc) is 2.90. The fourth-order valence-electron chi connectivity index (χ4n) is 2.70. The highest BCUT2D eigenvalue weighted by atomic mass is 32.2. The monoisotopic (exact) mass is 346 g/mol. The number of methoxy groups -OCH3 is 1. The van der Waals surface area contributed by atoms with Crippen LogP contribution in [0, 0.1) is 5.82 Å². The highest BCUT2D eigenvalue weighted by Crippen LogP contribution is 2.24. The van der Waals surface area contributed by atoms with Crippen molar-refractivity contribution >= 4 is 22.8 Å². The molecule has 0 fully saturated rings. The van der Waals surface area contributed by atoms with E-state index in [0.717, 1.165) is 28.8 Å². The van der Waals surface area contributed by atoms with E-state index in [0.29, 0.717) is 18.0 Å². The lowest BCUT2D eigenvalue weighted by atomic mass is 10.2. The van der Waals surface area contributed by atoms with E-state index in [4.69, 9.17) is 4.74 Å². The SMILES string of the molecule is COc1ccc(F)cc1CSCCCn1c(=O)[nH]c2ccccc21. The van der Waals surface area contributed by atoms with Gasteiger partial charge in [0.25, 0.3) is 0 Å².